The van der Waals surface area contributed by atoms with Crippen molar-refractivity contribution in [3.8, 4) is 5.75 Å². The predicted molar refractivity (Wildman–Crippen MR) is 78.4 cm³/mol. The van der Waals surface area contributed by atoms with Crippen molar-refractivity contribution < 1.29 is 9.53 Å². The van der Waals surface area contributed by atoms with Gasteiger partial charge in [-0.15, -0.1) is 0 Å². The maximum absolute atomic E-state index is 11.4. The molecule has 0 radical (unpaired) electrons. The van der Waals surface area contributed by atoms with Gasteiger partial charge in [0.1, 0.15) is 11.9 Å². The molecule has 2 atom stereocenters. The standard InChI is InChI=1S/C16H18N2O2/c1-11(17)15(12-7-3-2-4-8-12)20-14-10-6-5-9-13(14)16(18)19/h2-11,15H,17H2,1H3,(H2,18,19). The second-order valence-electron chi connectivity index (χ2n) is 4.67. The van der Waals surface area contributed by atoms with Crippen LogP contribution in [0.2, 0.25) is 0 Å². The number of amides is 1. The second-order valence-corrected chi connectivity index (χ2v) is 4.67. The predicted octanol–water partition coefficient (Wildman–Crippen LogP) is 2.25. The summed E-state index contributed by atoms with van der Waals surface area (Å²) in [6.45, 7) is 1.87. The zero-order valence-electron chi connectivity index (χ0n) is 11.3. The highest BCUT2D eigenvalue weighted by Gasteiger charge is 2.20. The van der Waals surface area contributed by atoms with Crippen LogP contribution in [0.3, 0.4) is 0 Å². The molecule has 0 aromatic heterocycles. The Balaban J connectivity index is 2.33. The van der Waals surface area contributed by atoms with E-state index in [1.807, 2.05) is 37.3 Å². The minimum absolute atomic E-state index is 0.224. The highest BCUT2D eigenvalue weighted by Crippen LogP contribution is 2.26. The Morgan fingerprint density at radius 3 is 2.25 bits per heavy atom. The minimum atomic E-state index is -0.517. The first-order chi connectivity index (χ1) is 9.59. The van der Waals surface area contributed by atoms with Crippen LogP contribution in [0.1, 0.15) is 28.9 Å². The molecule has 104 valence electrons. The van der Waals surface area contributed by atoms with Gasteiger partial charge in [0, 0.05) is 6.04 Å². The first kappa shape index (κ1) is 14.1. The average Bonchev–Trinajstić information content (AvgIpc) is 2.45. The molecule has 0 bridgehead atoms. The lowest BCUT2D eigenvalue weighted by Crippen LogP contribution is -2.29. The van der Waals surface area contributed by atoms with Crippen molar-refractivity contribution in [3.05, 3.63) is 65.7 Å². The van der Waals surface area contributed by atoms with Gasteiger partial charge in [-0.1, -0.05) is 42.5 Å². The van der Waals surface area contributed by atoms with Crippen molar-refractivity contribution in [2.45, 2.75) is 19.1 Å². The number of carbonyl (C=O) groups is 1. The summed E-state index contributed by atoms with van der Waals surface area (Å²) in [7, 11) is 0. The Morgan fingerprint density at radius 2 is 1.65 bits per heavy atom. The molecule has 2 rings (SSSR count). The zero-order chi connectivity index (χ0) is 14.5. The molecule has 0 fully saturated rings. The van der Waals surface area contributed by atoms with Gasteiger partial charge in [-0.05, 0) is 24.6 Å². The topological polar surface area (TPSA) is 78.3 Å². The molecular weight excluding hydrogens is 252 g/mol. The Morgan fingerprint density at radius 1 is 1.05 bits per heavy atom. The van der Waals surface area contributed by atoms with Crippen LogP contribution in [0.5, 0.6) is 5.75 Å². The fourth-order valence-electron chi connectivity index (χ4n) is 2.03. The molecule has 0 heterocycles. The summed E-state index contributed by atoms with van der Waals surface area (Å²) in [6.07, 6.45) is -0.336. The molecule has 2 aromatic rings. The fraction of sp³-hybridized carbons (Fsp3) is 0.188. The van der Waals surface area contributed by atoms with Crippen molar-refractivity contribution in [3.63, 3.8) is 0 Å². The van der Waals surface area contributed by atoms with Crippen molar-refractivity contribution in [1.29, 1.82) is 0 Å². The van der Waals surface area contributed by atoms with E-state index < -0.39 is 5.91 Å². The smallest absolute Gasteiger partial charge is 0.252 e. The summed E-state index contributed by atoms with van der Waals surface area (Å²) in [5.41, 5.74) is 12.7. The molecule has 0 saturated carbocycles. The van der Waals surface area contributed by atoms with Crippen LogP contribution in [0, 0.1) is 0 Å². The van der Waals surface area contributed by atoms with Gasteiger partial charge in [-0.25, -0.2) is 0 Å². The molecule has 2 unspecified atom stereocenters. The van der Waals surface area contributed by atoms with Gasteiger partial charge in [0.25, 0.3) is 5.91 Å². The third-order valence-electron chi connectivity index (χ3n) is 3.01. The third-order valence-corrected chi connectivity index (χ3v) is 3.01. The maximum Gasteiger partial charge on any atom is 0.252 e. The molecule has 4 N–H and O–H groups in total. The van der Waals surface area contributed by atoms with E-state index in [9.17, 15) is 4.79 Å². The van der Waals surface area contributed by atoms with Crippen LogP contribution in [0.25, 0.3) is 0 Å². The molecular formula is C16H18N2O2. The van der Waals surface area contributed by atoms with Gasteiger partial charge >= 0.3 is 0 Å². The van der Waals surface area contributed by atoms with Crippen LogP contribution in [-0.2, 0) is 0 Å². The summed E-state index contributed by atoms with van der Waals surface area (Å²) in [4.78, 5) is 11.4. The molecule has 4 nitrogen and oxygen atoms in total. The van der Waals surface area contributed by atoms with Crippen LogP contribution < -0.4 is 16.2 Å². The highest BCUT2D eigenvalue weighted by atomic mass is 16.5. The van der Waals surface area contributed by atoms with Crippen molar-refractivity contribution in [2.75, 3.05) is 0 Å². The van der Waals surface area contributed by atoms with Crippen molar-refractivity contribution >= 4 is 5.91 Å². The SMILES string of the molecule is CC(N)C(Oc1ccccc1C(N)=O)c1ccccc1. The van der Waals surface area contributed by atoms with E-state index in [1.54, 1.807) is 24.3 Å². The van der Waals surface area contributed by atoms with Gasteiger partial charge in [0.05, 0.1) is 5.56 Å². The minimum Gasteiger partial charge on any atom is -0.483 e. The number of carbonyl (C=O) groups excluding carboxylic acids is 1. The van der Waals surface area contributed by atoms with Crippen LogP contribution in [0.4, 0.5) is 0 Å². The van der Waals surface area contributed by atoms with Crippen LogP contribution >= 0.6 is 0 Å². The summed E-state index contributed by atoms with van der Waals surface area (Å²) in [6, 6.07) is 16.3. The number of rotatable bonds is 5. The van der Waals surface area contributed by atoms with Crippen LogP contribution in [-0.4, -0.2) is 11.9 Å². The summed E-state index contributed by atoms with van der Waals surface area (Å²) in [5.74, 6) is -0.0664. The summed E-state index contributed by atoms with van der Waals surface area (Å²) >= 11 is 0. The van der Waals surface area contributed by atoms with E-state index in [0.717, 1.165) is 5.56 Å². The largest absolute Gasteiger partial charge is 0.483 e. The number of benzene rings is 2. The molecule has 1 amide bonds. The molecule has 0 aliphatic carbocycles. The summed E-state index contributed by atoms with van der Waals surface area (Å²) < 4.78 is 5.93. The van der Waals surface area contributed by atoms with E-state index >= 15 is 0 Å². The monoisotopic (exact) mass is 270 g/mol. The van der Waals surface area contributed by atoms with Crippen molar-refractivity contribution in [1.82, 2.24) is 0 Å². The highest BCUT2D eigenvalue weighted by molar-refractivity contribution is 5.95. The molecule has 0 aliphatic rings. The quantitative estimate of drug-likeness (QED) is 0.874. The van der Waals surface area contributed by atoms with Gasteiger partial charge in [0.2, 0.25) is 0 Å². The normalized spacial score (nSPS) is 13.5. The van der Waals surface area contributed by atoms with E-state index in [-0.39, 0.29) is 12.1 Å². The second kappa shape index (κ2) is 6.21. The first-order valence-corrected chi connectivity index (χ1v) is 6.45. The van der Waals surface area contributed by atoms with Gasteiger partial charge in [-0.3, -0.25) is 4.79 Å². The van der Waals surface area contributed by atoms with E-state index in [4.69, 9.17) is 16.2 Å². The molecule has 4 heteroatoms. The van der Waals surface area contributed by atoms with Crippen molar-refractivity contribution in [2.24, 2.45) is 11.5 Å². The number of para-hydroxylation sites is 1. The Hall–Kier alpha value is -2.33. The fourth-order valence-corrected chi connectivity index (χ4v) is 2.03. The Labute approximate surface area is 118 Å². The molecule has 0 aliphatic heterocycles. The summed E-state index contributed by atoms with van der Waals surface area (Å²) in [5, 5.41) is 0. The molecule has 20 heavy (non-hydrogen) atoms. The van der Waals surface area contributed by atoms with Crippen LogP contribution in [0.15, 0.2) is 54.6 Å². The van der Waals surface area contributed by atoms with Gasteiger partial charge < -0.3 is 16.2 Å². The number of ether oxygens (including phenoxy) is 1. The average molecular weight is 270 g/mol. The third kappa shape index (κ3) is 3.16. The van der Waals surface area contributed by atoms with Gasteiger partial charge in [0.15, 0.2) is 0 Å². The van der Waals surface area contributed by atoms with Gasteiger partial charge in [-0.2, -0.15) is 0 Å². The van der Waals surface area contributed by atoms with E-state index in [0.29, 0.717) is 11.3 Å². The molecule has 2 aromatic carbocycles. The number of hydrogen-bond acceptors (Lipinski definition) is 3. The lowest BCUT2D eigenvalue weighted by Gasteiger charge is -2.24. The molecule has 0 spiro atoms. The number of hydrogen-bond donors (Lipinski definition) is 2. The van der Waals surface area contributed by atoms with E-state index in [2.05, 4.69) is 0 Å². The first-order valence-electron chi connectivity index (χ1n) is 6.45. The lowest BCUT2D eigenvalue weighted by molar-refractivity contribution is 0.0990. The number of nitrogens with two attached hydrogens (primary N) is 2. The van der Waals surface area contributed by atoms with E-state index in [1.165, 1.54) is 0 Å². The Kier molecular flexibility index (Phi) is 4.38. The Bertz CT molecular complexity index is 582. The molecule has 0 saturated heterocycles. The lowest BCUT2D eigenvalue weighted by atomic mass is 10.0. The number of primary amides is 1. The zero-order valence-corrected chi connectivity index (χ0v) is 11.3. The maximum atomic E-state index is 11.4.